The van der Waals surface area contributed by atoms with Gasteiger partial charge in [-0.1, -0.05) is 84.5 Å². The summed E-state index contributed by atoms with van der Waals surface area (Å²) in [6.45, 7) is 8.34. The van der Waals surface area contributed by atoms with Gasteiger partial charge >= 0.3 is 24.1 Å². The topological polar surface area (TPSA) is 186 Å². The first-order chi connectivity index (χ1) is 20.4. The molecule has 0 atom stereocenters. The molecule has 0 fully saturated rings. The summed E-state index contributed by atoms with van der Waals surface area (Å²) in [5.41, 5.74) is 11.4. The van der Waals surface area contributed by atoms with Crippen molar-refractivity contribution in [1.29, 1.82) is 0 Å². The predicted molar refractivity (Wildman–Crippen MR) is 162 cm³/mol. The molecule has 8 N–H and O–H groups in total. The van der Waals surface area contributed by atoms with Gasteiger partial charge < -0.3 is 32.0 Å². The molecule has 0 aromatic rings. The lowest BCUT2D eigenvalue weighted by atomic mass is 10.1. The number of hydrogen-bond donors (Lipinski definition) is 6. The lowest BCUT2D eigenvalue weighted by Gasteiger charge is -2.06. The first kappa shape index (κ1) is 44.8. The van der Waals surface area contributed by atoms with Gasteiger partial charge in [0, 0.05) is 12.8 Å². The Morgan fingerprint density at radius 1 is 0.628 bits per heavy atom. The first-order valence-electron chi connectivity index (χ1n) is 15.6. The second kappa shape index (κ2) is 33.9. The van der Waals surface area contributed by atoms with Crippen molar-refractivity contribution in [2.75, 3.05) is 26.2 Å². The second-order valence-electron chi connectivity index (χ2n) is 10.2. The summed E-state index contributed by atoms with van der Waals surface area (Å²) in [6.07, 6.45) is 16.6. The van der Waals surface area contributed by atoms with Gasteiger partial charge in [0.05, 0.1) is 0 Å². The Labute approximate surface area is 255 Å². The zero-order valence-electron chi connectivity index (χ0n) is 26.3. The largest absolute Gasteiger partial charge is 0.490 e. The van der Waals surface area contributed by atoms with Gasteiger partial charge in [0.2, 0.25) is 5.91 Å². The molecule has 0 saturated heterocycles. The number of carbonyl (C=O) groups excluding carboxylic acids is 3. The van der Waals surface area contributed by atoms with E-state index in [0.717, 1.165) is 26.1 Å². The zero-order chi connectivity index (χ0) is 33.2. The Kier molecular flexibility index (Phi) is 35.3. The number of carboxylic acid groups (broad SMARTS) is 1. The standard InChI is InChI=1S/C22H47N3O.C5H10N2O3.C2HF3O2/c1-2-3-4-5-6-7-8-9-10-11-12-13-18-24-19-14-15-20-25-21-16-17-22(23)26;1-2-3-4(8)10-7-5(6)9;3-2(4,5)1(6)7/h24-25H,2-21H2,1H3,(H2,23,26);2-3H2,1H3,(H3,6,7,9);(H,6,7). The molecule has 0 aliphatic rings. The summed E-state index contributed by atoms with van der Waals surface area (Å²) < 4.78 is 31.7. The number of hydrogen-bond acceptors (Lipinski definition) is 7. The number of nitrogens with two attached hydrogens (primary N) is 2. The van der Waals surface area contributed by atoms with Crippen LogP contribution in [0, 0.1) is 0 Å². The highest BCUT2D eigenvalue weighted by atomic mass is 19.4. The second-order valence-corrected chi connectivity index (χ2v) is 10.2. The SMILES string of the molecule is CCCC(=O)ONC(N)=O.CCCCCCCCCCCCCCNCCCCNCCCC(N)=O.O=C(O)C(F)(F)F. The fourth-order valence-electron chi connectivity index (χ4n) is 3.59. The Morgan fingerprint density at radius 3 is 1.35 bits per heavy atom. The molecule has 0 aromatic carbocycles. The van der Waals surface area contributed by atoms with Crippen LogP contribution in [0.3, 0.4) is 0 Å². The number of rotatable bonds is 24. The molecule has 256 valence electrons. The van der Waals surface area contributed by atoms with Gasteiger partial charge in [-0.3, -0.25) is 4.79 Å². The Hall–Kier alpha value is -2.61. The number of hydroxylamine groups is 1. The molecule has 0 bridgehead atoms. The molecule has 0 aliphatic heterocycles. The quantitative estimate of drug-likeness (QED) is 0.0600. The molecule has 0 spiro atoms. The number of amides is 3. The van der Waals surface area contributed by atoms with E-state index in [1.807, 2.05) is 6.92 Å². The average molecular weight is 630 g/mol. The molecule has 0 saturated carbocycles. The third-order valence-electron chi connectivity index (χ3n) is 5.90. The molecular weight excluding hydrogens is 571 g/mol. The number of aliphatic carboxylic acids is 1. The van der Waals surface area contributed by atoms with E-state index in [1.165, 1.54) is 96.4 Å². The minimum atomic E-state index is -5.08. The predicted octanol–water partition coefficient (Wildman–Crippen LogP) is 5.46. The van der Waals surface area contributed by atoms with Crippen LogP contribution in [-0.4, -0.2) is 61.3 Å². The molecule has 11 nitrogen and oxygen atoms in total. The van der Waals surface area contributed by atoms with Crippen LogP contribution < -0.4 is 27.6 Å². The van der Waals surface area contributed by atoms with E-state index in [-0.39, 0.29) is 12.3 Å². The van der Waals surface area contributed by atoms with Crippen molar-refractivity contribution in [2.24, 2.45) is 11.5 Å². The number of urea groups is 1. The van der Waals surface area contributed by atoms with Crippen molar-refractivity contribution in [3.05, 3.63) is 0 Å². The first-order valence-corrected chi connectivity index (χ1v) is 15.6. The summed E-state index contributed by atoms with van der Waals surface area (Å²) in [4.78, 5) is 44.1. The maximum Gasteiger partial charge on any atom is 0.490 e. The van der Waals surface area contributed by atoms with E-state index in [1.54, 1.807) is 5.48 Å². The molecule has 14 heteroatoms. The van der Waals surface area contributed by atoms with Crippen LogP contribution in [0.1, 0.15) is 129 Å². The highest BCUT2D eigenvalue weighted by molar-refractivity contribution is 5.75. The van der Waals surface area contributed by atoms with Crippen molar-refractivity contribution < 1.29 is 42.3 Å². The minimum absolute atomic E-state index is 0.200. The maximum absolute atomic E-state index is 10.6. The third kappa shape index (κ3) is 46.6. The van der Waals surface area contributed by atoms with Crippen LogP contribution in [0.4, 0.5) is 18.0 Å². The van der Waals surface area contributed by atoms with Crippen molar-refractivity contribution in [2.45, 2.75) is 136 Å². The third-order valence-corrected chi connectivity index (χ3v) is 5.90. The van der Waals surface area contributed by atoms with Crippen LogP contribution in [0.5, 0.6) is 0 Å². The molecule has 0 aliphatic carbocycles. The van der Waals surface area contributed by atoms with Gasteiger partial charge in [0.15, 0.2) is 0 Å². The molecule has 3 amide bonds. The Morgan fingerprint density at radius 2 is 1.00 bits per heavy atom. The van der Waals surface area contributed by atoms with E-state index in [4.69, 9.17) is 15.6 Å². The van der Waals surface area contributed by atoms with Gasteiger partial charge in [-0.2, -0.15) is 18.7 Å². The number of alkyl halides is 3. The molecule has 0 radical (unpaired) electrons. The van der Waals surface area contributed by atoms with Crippen LogP contribution in [0.2, 0.25) is 0 Å². The van der Waals surface area contributed by atoms with Gasteiger partial charge in [-0.05, 0) is 58.3 Å². The van der Waals surface area contributed by atoms with Crippen LogP contribution in [0.15, 0.2) is 0 Å². The minimum Gasteiger partial charge on any atom is -0.475 e. The van der Waals surface area contributed by atoms with Crippen molar-refractivity contribution in [3.8, 4) is 0 Å². The fourth-order valence-corrected chi connectivity index (χ4v) is 3.59. The highest BCUT2D eigenvalue weighted by Crippen LogP contribution is 2.13. The Bertz CT molecular complexity index is 685. The number of unbranched alkanes of at least 4 members (excludes halogenated alkanes) is 12. The molecule has 0 rings (SSSR count). The van der Waals surface area contributed by atoms with Gasteiger partial charge in [-0.25, -0.2) is 14.4 Å². The summed E-state index contributed by atoms with van der Waals surface area (Å²) >= 11 is 0. The number of carboxylic acids is 1. The van der Waals surface area contributed by atoms with E-state index >= 15 is 0 Å². The molecule has 0 aromatic heterocycles. The van der Waals surface area contributed by atoms with Crippen LogP contribution in [-0.2, 0) is 19.2 Å². The summed E-state index contributed by atoms with van der Waals surface area (Å²) in [6, 6.07) is -0.871. The molecule has 43 heavy (non-hydrogen) atoms. The number of primary amides is 2. The zero-order valence-corrected chi connectivity index (χ0v) is 26.3. The Balaban J connectivity index is -0.000000764. The number of carbonyl (C=O) groups is 4. The van der Waals surface area contributed by atoms with Crippen molar-refractivity contribution in [3.63, 3.8) is 0 Å². The van der Waals surface area contributed by atoms with E-state index in [0.29, 0.717) is 12.8 Å². The highest BCUT2D eigenvalue weighted by Gasteiger charge is 2.38. The van der Waals surface area contributed by atoms with E-state index < -0.39 is 24.1 Å². The normalized spacial score (nSPS) is 10.5. The molecular formula is C29H58F3N5O6. The number of halogens is 3. The lowest BCUT2D eigenvalue weighted by molar-refractivity contribution is -0.192. The van der Waals surface area contributed by atoms with Gasteiger partial charge in [0.25, 0.3) is 0 Å². The summed E-state index contributed by atoms with van der Waals surface area (Å²) in [5.74, 6) is -3.44. The lowest BCUT2D eigenvalue weighted by Crippen LogP contribution is -2.31. The average Bonchev–Trinajstić information content (AvgIpc) is 2.93. The van der Waals surface area contributed by atoms with E-state index in [2.05, 4.69) is 28.1 Å². The van der Waals surface area contributed by atoms with E-state index in [9.17, 15) is 27.6 Å². The fraction of sp³-hybridized carbons (Fsp3) is 0.862. The summed E-state index contributed by atoms with van der Waals surface area (Å²) in [7, 11) is 0. The monoisotopic (exact) mass is 629 g/mol. The van der Waals surface area contributed by atoms with Crippen LogP contribution >= 0.6 is 0 Å². The smallest absolute Gasteiger partial charge is 0.475 e. The van der Waals surface area contributed by atoms with Crippen molar-refractivity contribution >= 4 is 23.9 Å². The van der Waals surface area contributed by atoms with Crippen LogP contribution in [0.25, 0.3) is 0 Å². The maximum atomic E-state index is 10.6. The summed E-state index contributed by atoms with van der Waals surface area (Å²) in [5, 5.41) is 14.0. The molecule has 0 unspecified atom stereocenters. The van der Waals surface area contributed by atoms with Gasteiger partial charge in [-0.15, -0.1) is 0 Å². The van der Waals surface area contributed by atoms with Crippen molar-refractivity contribution in [1.82, 2.24) is 16.1 Å². The number of nitrogens with one attached hydrogen (secondary N) is 3. The molecule has 0 heterocycles. The van der Waals surface area contributed by atoms with Gasteiger partial charge in [0.1, 0.15) is 0 Å².